The number of pyridine rings is 1. The van der Waals surface area contributed by atoms with E-state index in [1.165, 1.54) is 11.1 Å². The van der Waals surface area contributed by atoms with Crippen LogP contribution in [0.25, 0.3) is 0 Å². The lowest BCUT2D eigenvalue weighted by Crippen LogP contribution is -2.50. The number of benzene rings is 2. The van der Waals surface area contributed by atoms with E-state index in [0.717, 1.165) is 73.7 Å². The van der Waals surface area contributed by atoms with Crippen LogP contribution >= 0.6 is 46.6 Å². The quantitative estimate of drug-likeness (QED) is 0.184. The number of urea groups is 1. The number of ether oxygens (including phenoxy) is 1. The van der Waals surface area contributed by atoms with Crippen LogP contribution in [0.3, 0.4) is 0 Å². The lowest BCUT2D eigenvalue weighted by Gasteiger charge is -2.37. The Bertz CT molecular complexity index is 1820. The number of carbonyl (C=O) groups excluding carboxylic acids is 2. The standard InChI is InChI=1S/C20H26N4O2.C13H6Cl3F2NO2S/c1-13-18-14(12-22(2)16(18)7-8-21)11-17(19(13)26-3)24-10-4-9-23(20(24)25)15-5-6-15;14-7-2-1-3-8(15)11(7)22-9-4-10(13(16,17)18)19-12(21)6(9)5-20/h11,15-16H,4-7,9-10,12H2,1-3H3;1-5H,(H,19,21). The van der Waals surface area contributed by atoms with E-state index in [0.29, 0.717) is 17.4 Å². The second-order valence-corrected chi connectivity index (χ2v) is 14.0. The number of carbonyl (C=O) groups is 2. The summed E-state index contributed by atoms with van der Waals surface area (Å²) in [6.07, 6.45) is 3.96. The molecule has 1 aliphatic carbocycles. The normalized spacial score (nSPS) is 17.8. The molecule has 1 N–H and O–H groups in total. The highest BCUT2D eigenvalue weighted by Crippen LogP contribution is 2.46. The van der Waals surface area contributed by atoms with Crippen LogP contribution in [-0.4, -0.2) is 60.4 Å². The molecule has 2 amide bonds. The number of hydrogen-bond acceptors (Lipinski definition) is 7. The molecule has 254 valence electrons. The zero-order chi connectivity index (χ0) is 34.9. The van der Waals surface area contributed by atoms with Crippen molar-refractivity contribution >= 4 is 64.6 Å². The van der Waals surface area contributed by atoms with E-state index in [4.69, 9.17) is 39.5 Å². The van der Waals surface area contributed by atoms with Gasteiger partial charge in [-0.1, -0.05) is 41.0 Å². The number of amides is 2. The van der Waals surface area contributed by atoms with Crippen LogP contribution < -0.4 is 15.2 Å². The number of alkyl halides is 3. The number of aldehydes is 1. The smallest absolute Gasteiger partial charge is 0.362 e. The Morgan fingerprint density at radius 3 is 2.46 bits per heavy atom. The number of aromatic amines is 1. The minimum atomic E-state index is -3.78. The van der Waals surface area contributed by atoms with Crippen LogP contribution in [0.5, 0.6) is 5.75 Å². The fourth-order valence-electron chi connectivity index (χ4n) is 6.14. The molecule has 6 rings (SSSR count). The highest BCUT2D eigenvalue weighted by molar-refractivity contribution is 7.99. The molecule has 1 unspecified atom stereocenters. The van der Waals surface area contributed by atoms with Crippen molar-refractivity contribution in [3.8, 4) is 11.8 Å². The lowest BCUT2D eigenvalue weighted by atomic mass is 9.95. The predicted octanol–water partition coefficient (Wildman–Crippen LogP) is 8.13. The molecule has 1 saturated heterocycles. The van der Waals surface area contributed by atoms with Gasteiger partial charge in [0.25, 0.3) is 5.56 Å². The Labute approximate surface area is 295 Å². The molecular weight excluding hydrogens is 707 g/mol. The van der Waals surface area contributed by atoms with Crippen molar-refractivity contribution in [3.63, 3.8) is 0 Å². The molecule has 3 aliphatic rings. The van der Waals surface area contributed by atoms with Crippen molar-refractivity contribution in [1.29, 1.82) is 5.26 Å². The van der Waals surface area contributed by atoms with E-state index < -0.39 is 16.6 Å². The number of methoxy groups -OCH3 is 1. The Hall–Kier alpha value is -3.34. The number of fused-ring (bicyclic) bond motifs is 1. The van der Waals surface area contributed by atoms with Gasteiger partial charge in [-0.05, 0) is 85.8 Å². The summed E-state index contributed by atoms with van der Waals surface area (Å²) < 4.78 is 32.1. The summed E-state index contributed by atoms with van der Waals surface area (Å²) in [5, 5.41) is 5.94. The number of anilines is 1. The predicted molar refractivity (Wildman–Crippen MR) is 182 cm³/mol. The van der Waals surface area contributed by atoms with Gasteiger partial charge in [-0.25, -0.2) is 4.79 Å². The van der Waals surface area contributed by atoms with Gasteiger partial charge in [0, 0.05) is 41.5 Å². The second kappa shape index (κ2) is 14.6. The Kier molecular flexibility index (Phi) is 11.0. The first-order valence-corrected chi connectivity index (χ1v) is 17.0. The van der Waals surface area contributed by atoms with Crippen molar-refractivity contribution in [1.82, 2.24) is 14.8 Å². The molecule has 3 aromatic rings. The average Bonchev–Trinajstić information content (AvgIpc) is 3.82. The third-order valence-corrected chi connectivity index (χ3v) is 10.8. The van der Waals surface area contributed by atoms with Crippen molar-refractivity contribution in [3.05, 3.63) is 78.7 Å². The zero-order valence-corrected chi connectivity index (χ0v) is 29.4. The summed E-state index contributed by atoms with van der Waals surface area (Å²) in [5.74, 6) is 0.771. The van der Waals surface area contributed by atoms with E-state index in [-0.39, 0.29) is 38.9 Å². The van der Waals surface area contributed by atoms with Gasteiger partial charge >= 0.3 is 11.4 Å². The SMILES string of the molecule is COc1c(N2CCCN(C3CC3)C2=O)cc2c(c1C)C(CC#N)N(C)C2.O=Cc1c(Sc2c(Cl)cccc2Cl)cc(C(F)(F)Cl)[nH]c1=O. The maximum absolute atomic E-state index is 13.2. The number of halogens is 5. The minimum Gasteiger partial charge on any atom is -0.494 e. The molecule has 9 nitrogen and oxygen atoms in total. The summed E-state index contributed by atoms with van der Waals surface area (Å²) in [6.45, 7) is 4.44. The van der Waals surface area contributed by atoms with Crippen molar-refractivity contribution in [2.75, 3.05) is 32.1 Å². The number of rotatable bonds is 8. The molecule has 1 atom stereocenters. The van der Waals surface area contributed by atoms with Crippen molar-refractivity contribution in [2.24, 2.45) is 0 Å². The monoisotopic (exact) mass is 737 g/mol. The van der Waals surface area contributed by atoms with Crippen molar-refractivity contribution < 1.29 is 23.1 Å². The van der Waals surface area contributed by atoms with Gasteiger partial charge in [-0.3, -0.25) is 19.4 Å². The molecule has 48 heavy (non-hydrogen) atoms. The van der Waals surface area contributed by atoms with Crippen molar-refractivity contribution in [2.45, 2.75) is 66.4 Å². The van der Waals surface area contributed by atoms with Crippen LogP contribution in [-0.2, 0) is 11.9 Å². The molecule has 0 radical (unpaired) electrons. The minimum absolute atomic E-state index is 0.0240. The van der Waals surface area contributed by atoms with Gasteiger partial charge in [-0.2, -0.15) is 14.0 Å². The van der Waals surface area contributed by atoms with Gasteiger partial charge in [0.15, 0.2) is 6.29 Å². The molecular formula is C33H32Cl3F2N5O4S. The Balaban J connectivity index is 0.000000191. The summed E-state index contributed by atoms with van der Waals surface area (Å²) in [7, 11) is 3.72. The number of nitrogens with one attached hydrogen (secondary N) is 1. The van der Waals surface area contributed by atoms with Gasteiger partial charge in [-0.15, -0.1) is 0 Å². The number of hydrogen-bond donors (Lipinski definition) is 1. The number of nitrogens with zero attached hydrogens (tertiary/aromatic N) is 4. The lowest BCUT2D eigenvalue weighted by molar-refractivity contribution is 0.0891. The third kappa shape index (κ3) is 7.31. The summed E-state index contributed by atoms with van der Waals surface area (Å²) >= 11 is 17.7. The summed E-state index contributed by atoms with van der Waals surface area (Å²) in [5.41, 5.74) is 2.22. The van der Waals surface area contributed by atoms with E-state index in [1.807, 2.05) is 14.8 Å². The van der Waals surface area contributed by atoms with Gasteiger partial charge in [0.1, 0.15) is 11.4 Å². The van der Waals surface area contributed by atoms with E-state index in [2.05, 4.69) is 31.0 Å². The summed E-state index contributed by atoms with van der Waals surface area (Å²) in [4.78, 5) is 44.2. The molecule has 15 heteroatoms. The zero-order valence-electron chi connectivity index (χ0n) is 26.3. The fourth-order valence-corrected chi connectivity index (χ4v) is 7.85. The Morgan fingerprint density at radius 1 is 1.19 bits per heavy atom. The van der Waals surface area contributed by atoms with Gasteiger partial charge in [0.2, 0.25) is 0 Å². The molecule has 0 spiro atoms. The fraction of sp³-hybridized carbons (Fsp3) is 0.394. The van der Waals surface area contributed by atoms with Crippen LogP contribution in [0.2, 0.25) is 10.0 Å². The van der Waals surface area contributed by atoms with Crippen LogP contribution in [0.4, 0.5) is 19.3 Å². The summed E-state index contributed by atoms with van der Waals surface area (Å²) in [6, 6.07) is 10.7. The Morgan fingerprint density at radius 2 is 1.88 bits per heavy atom. The van der Waals surface area contributed by atoms with Crippen LogP contribution in [0.15, 0.2) is 44.9 Å². The second-order valence-electron chi connectivity index (χ2n) is 11.7. The van der Waals surface area contributed by atoms with E-state index >= 15 is 0 Å². The molecule has 1 aromatic heterocycles. The largest absolute Gasteiger partial charge is 0.494 e. The number of H-pyrrole nitrogens is 1. The van der Waals surface area contributed by atoms with E-state index in [1.54, 1.807) is 25.3 Å². The van der Waals surface area contributed by atoms with Gasteiger partial charge in [0.05, 0.1) is 40.9 Å². The first kappa shape index (κ1) is 36.0. The highest BCUT2D eigenvalue weighted by atomic mass is 35.5. The molecule has 1 saturated carbocycles. The first-order valence-electron chi connectivity index (χ1n) is 15.1. The molecule has 2 fully saturated rings. The molecule has 3 heterocycles. The molecule has 2 aromatic carbocycles. The van der Waals surface area contributed by atoms with Crippen LogP contribution in [0.1, 0.15) is 64.5 Å². The maximum Gasteiger partial charge on any atom is 0.362 e. The number of nitriles is 1. The van der Waals surface area contributed by atoms with E-state index in [9.17, 15) is 28.4 Å². The maximum atomic E-state index is 13.2. The topological polar surface area (TPSA) is 110 Å². The highest BCUT2D eigenvalue weighted by Gasteiger charge is 2.40. The molecule has 0 bridgehead atoms. The number of aromatic nitrogens is 1. The molecule has 2 aliphatic heterocycles. The van der Waals surface area contributed by atoms with Crippen LogP contribution in [0, 0.1) is 18.3 Å². The first-order chi connectivity index (χ1) is 22.8. The average molecular weight is 739 g/mol. The van der Waals surface area contributed by atoms with Gasteiger partial charge < -0.3 is 14.6 Å². The third-order valence-electron chi connectivity index (χ3n) is 8.53.